The molecule has 0 amide bonds. The Bertz CT molecular complexity index is 705. The van der Waals surface area contributed by atoms with Gasteiger partial charge in [-0.2, -0.15) is 0 Å². The van der Waals surface area contributed by atoms with Gasteiger partial charge in [-0.25, -0.2) is 0 Å². The maximum atomic E-state index is 4.49. The number of benzene rings is 2. The van der Waals surface area contributed by atoms with E-state index in [1.165, 1.54) is 0 Å². The van der Waals surface area contributed by atoms with Crippen molar-refractivity contribution in [3.63, 3.8) is 0 Å². The molecule has 5 heteroatoms. The average molecular weight is 279 g/mol. The highest BCUT2D eigenvalue weighted by Gasteiger charge is 2.09. The van der Waals surface area contributed by atoms with E-state index in [0.717, 1.165) is 29.9 Å². The van der Waals surface area contributed by atoms with E-state index >= 15 is 0 Å². The van der Waals surface area contributed by atoms with E-state index in [1.807, 2.05) is 48.5 Å². The summed E-state index contributed by atoms with van der Waals surface area (Å²) in [7, 11) is 0. The smallest absolute Gasteiger partial charge is 0.205 e. The fourth-order valence-corrected chi connectivity index (χ4v) is 2.13. The molecule has 1 N–H and O–H groups in total. The van der Waals surface area contributed by atoms with Crippen LogP contribution in [0.3, 0.4) is 0 Å². The van der Waals surface area contributed by atoms with Crippen molar-refractivity contribution in [2.45, 2.75) is 13.5 Å². The van der Waals surface area contributed by atoms with Gasteiger partial charge in [-0.05, 0) is 23.4 Å². The Labute approximate surface area is 123 Å². The van der Waals surface area contributed by atoms with Crippen molar-refractivity contribution in [3.05, 3.63) is 60.2 Å². The summed E-state index contributed by atoms with van der Waals surface area (Å²) in [5.41, 5.74) is 3.07. The number of para-hydroxylation sites is 1. The van der Waals surface area contributed by atoms with Crippen LogP contribution in [0.4, 0.5) is 0 Å². The summed E-state index contributed by atoms with van der Waals surface area (Å²) in [4.78, 5) is 1.59. The summed E-state index contributed by atoms with van der Waals surface area (Å²) in [6.45, 7) is 3.80. The SMILES string of the molecule is CCNCc1ccccc1-n1nnc(-c2ccccc2)n1. The molecule has 1 aromatic heterocycles. The topological polar surface area (TPSA) is 55.6 Å². The lowest BCUT2D eigenvalue weighted by Crippen LogP contribution is -2.14. The predicted octanol–water partition coefficient (Wildman–Crippen LogP) is 2.44. The molecule has 0 radical (unpaired) electrons. The summed E-state index contributed by atoms with van der Waals surface area (Å²) in [5, 5.41) is 16.1. The molecule has 0 atom stereocenters. The number of hydrogen-bond acceptors (Lipinski definition) is 4. The molecule has 0 saturated carbocycles. The first-order valence-electron chi connectivity index (χ1n) is 7.03. The zero-order chi connectivity index (χ0) is 14.5. The van der Waals surface area contributed by atoms with Gasteiger partial charge < -0.3 is 5.32 Å². The van der Waals surface area contributed by atoms with Crippen LogP contribution in [0.25, 0.3) is 17.1 Å². The molecule has 0 fully saturated rings. The highest BCUT2D eigenvalue weighted by molar-refractivity contribution is 5.53. The van der Waals surface area contributed by atoms with E-state index in [4.69, 9.17) is 0 Å². The molecule has 2 aromatic carbocycles. The number of aromatic nitrogens is 4. The van der Waals surface area contributed by atoms with Gasteiger partial charge in [-0.3, -0.25) is 0 Å². The second-order valence-corrected chi connectivity index (χ2v) is 4.68. The van der Waals surface area contributed by atoms with E-state index in [-0.39, 0.29) is 0 Å². The van der Waals surface area contributed by atoms with Crippen LogP contribution in [0.5, 0.6) is 0 Å². The van der Waals surface area contributed by atoms with Gasteiger partial charge in [0.1, 0.15) is 0 Å². The Kier molecular flexibility index (Phi) is 4.02. The van der Waals surface area contributed by atoms with Gasteiger partial charge in [0.05, 0.1) is 5.69 Å². The lowest BCUT2D eigenvalue weighted by molar-refractivity contribution is 0.683. The molecule has 5 nitrogen and oxygen atoms in total. The lowest BCUT2D eigenvalue weighted by Gasteiger charge is -2.07. The third kappa shape index (κ3) is 2.98. The Hall–Kier alpha value is -2.53. The van der Waals surface area contributed by atoms with Crippen molar-refractivity contribution in [1.82, 2.24) is 25.5 Å². The van der Waals surface area contributed by atoms with Gasteiger partial charge in [-0.1, -0.05) is 55.5 Å². The number of nitrogens with zero attached hydrogens (tertiary/aromatic N) is 4. The minimum absolute atomic E-state index is 0.633. The van der Waals surface area contributed by atoms with Crippen LogP contribution < -0.4 is 5.32 Å². The summed E-state index contributed by atoms with van der Waals surface area (Å²) >= 11 is 0. The van der Waals surface area contributed by atoms with Gasteiger partial charge in [-0.15, -0.1) is 15.0 Å². The molecule has 0 unspecified atom stereocenters. The van der Waals surface area contributed by atoms with Crippen molar-refractivity contribution in [2.75, 3.05) is 6.54 Å². The van der Waals surface area contributed by atoms with Crippen molar-refractivity contribution >= 4 is 0 Å². The maximum Gasteiger partial charge on any atom is 0.205 e. The van der Waals surface area contributed by atoms with Crippen LogP contribution in [-0.4, -0.2) is 26.8 Å². The van der Waals surface area contributed by atoms with Gasteiger partial charge in [0.2, 0.25) is 5.82 Å². The van der Waals surface area contributed by atoms with E-state index < -0.39 is 0 Å². The van der Waals surface area contributed by atoms with Crippen molar-refractivity contribution in [1.29, 1.82) is 0 Å². The molecule has 3 aromatic rings. The van der Waals surface area contributed by atoms with Crippen LogP contribution in [0.15, 0.2) is 54.6 Å². The molecule has 106 valence electrons. The Morgan fingerprint density at radius 3 is 2.57 bits per heavy atom. The maximum absolute atomic E-state index is 4.49. The van der Waals surface area contributed by atoms with Crippen LogP contribution in [0.2, 0.25) is 0 Å². The normalized spacial score (nSPS) is 10.7. The molecule has 0 spiro atoms. The summed E-state index contributed by atoms with van der Waals surface area (Å²) in [5.74, 6) is 0.633. The van der Waals surface area contributed by atoms with Crippen LogP contribution in [0.1, 0.15) is 12.5 Å². The van der Waals surface area contributed by atoms with Gasteiger partial charge in [0.15, 0.2) is 0 Å². The van der Waals surface area contributed by atoms with Crippen LogP contribution >= 0.6 is 0 Å². The van der Waals surface area contributed by atoms with Gasteiger partial charge in [0.25, 0.3) is 0 Å². The molecular weight excluding hydrogens is 262 g/mol. The zero-order valence-electron chi connectivity index (χ0n) is 11.9. The molecule has 3 rings (SSSR count). The highest BCUT2D eigenvalue weighted by Crippen LogP contribution is 2.16. The second-order valence-electron chi connectivity index (χ2n) is 4.68. The summed E-state index contributed by atoms with van der Waals surface area (Å²) < 4.78 is 0. The van der Waals surface area contributed by atoms with E-state index in [9.17, 15) is 0 Å². The second kappa shape index (κ2) is 6.28. The molecule has 1 heterocycles. The first-order chi connectivity index (χ1) is 10.4. The van der Waals surface area contributed by atoms with Crippen molar-refractivity contribution in [3.8, 4) is 17.1 Å². The van der Waals surface area contributed by atoms with E-state index in [1.54, 1.807) is 4.80 Å². The van der Waals surface area contributed by atoms with E-state index in [2.05, 4.69) is 33.7 Å². The largest absolute Gasteiger partial charge is 0.313 e. The zero-order valence-corrected chi connectivity index (χ0v) is 11.9. The van der Waals surface area contributed by atoms with E-state index in [0.29, 0.717) is 5.82 Å². The van der Waals surface area contributed by atoms with Crippen LogP contribution in [0, 0.1) is 0 Å². The number of tetrazole rings is 1. The Morgan fingerprint density at radius 1 is 1.00 bits per heavy atom. The van der Waals surface area contributed by atoms with Crippen molar-refractivity contribution in [2.24, 2.45) is 0 Å². The highest BCUT2D eigenvalue weighted by atomic mass is 15.6. The fraction of sp³-hybridized carbons (Fsp3) is 0.188. The third-order valence-corrected chi connectivity index (χ3v) is 3.22. The molecule has 0 aliphatic rings. The predicted molar refractivity (Wildman–Crippen MR) is 82.0 cm³/mol. The quantitative estimate of drug-likeness (QED) is 0.779. The molecule has 0 aliphatic heterocycles. The minimum atomic E-state index is 0.633. The molecule has 0 bridgehead atoms. The summed E-state index contributed by atoms with van der Waals surface area (Å²) in [6.07, 6.45) is 0. The first kappa shape index (κ1) is 13.5. The molecule has 0 aliphatic carbocycles. The fourth-order valence-electron chi connectivity index (χ4n) is 2.13. The number of hydrogen-bond donors (Lipinski definition) is 1. The average Bonchev–Trinajstić information content (AvgIpc) is 3.04. The molecule has 0 saturated heterocycles. The molecular formula is C16H17N5. The Balaban J connectivity index is 1.93. The summed E-state index contributed by atoms with van der Waals surface area (Å²) in [6, 6.07) is 17.9. The standard InChI is InChI=1S/C16H17N5/c1-2-17-12-14-10-6-7-11-15(14)21-19-16(18-20-21)13-8-4-3-5-9-13/h3-11,17H,2,12H2,1H3. The van der Waals surface area contributed by atoms with Crippen LogP contribution in [-0.2, 0) is 6.54 Å². The first-order valence-corrected chi connectivity index (χ1v) is 7.03. The van der Waals surface area contributed by atoms with Crippen molar-refractivity contribution < 1.29 is 0 Å². The molecule has 21 heavy (non-hydrogen) atoms. The number of nitrogens with one attached hydrogen (secondary N) is 1. The monoisotopic (exact) mass is 279 g/mol. The van der Waals surface area contributed by atoms with Gasteiger partial charge >= 0.3 is 0 Å². The Morgan fingerprint density at radius 2 is 1.76 bits per heavy atom. The van der Waals surface area contributed by atoms with Gasteiger partial charge in [0, 0.05) is 12.1 Å². The number of rotatable bonds is 5. The minimum Gasteiger partial charge on any atom is -0.313 e. The third-order valence-electron chi connectivity index (χ3n) is 3.22. The lowest BCUT2D eigenvalue weighted by atomic mass is 10.2.